The molecule has 1 aliphatic rings. The van der Waals surface area contributed by atoms with Crippen LogP contribution in [0.5, 0.6) is 0 Å². The third-order valence-electron chi connectivity index (χ3n) is 3.38. The molecule has 1 aromatic carbocycles. The van der Waals surface area contributed by atoms with Gasteiger partial charge in [-0.3, -0.25) is 4.79 Å². The molecule has 0 spiro atoms. The second-order valence-electron chi connectivity index (χ2n) is 4.85. The maximum absolute atomic E-state index is 12.4. The topological polar surface area (TPSA) is 20.3 Å². The van der Waals surface area contributed by atoms with Crippen LogP contribution in [-0.4, -0.2) is 23.9 Å². The molecule has 18 heavy (non-hydrogen) atoms. The van der Waals surface area contributed by atoms with Crippen LogP contribution < -0.4 is 0 Å². The number of hydrogen-bond acceptors (Lipinski definition) is 1. The third kappa shape index (κ3) is 3.35. The summed E-state index contributed by atoms with van der Waals surface area (Å²) >= 11 is 6.85. The number of likely N-dealkylation sites (tertiary alicyclic amines) is 1. The summed E-state index contributed by atoms with van der Waals surface area (Å²) in [6, 6.07) is 5.72. The predicted molar refractivity (Wildman–Crippen MR) is 80.8 cm³/mol. The largest absolute Gasteiger partial charge is 0.338 e. The molecule has 2 rings (SSSR count). The summed E-state index contributed by atoms with van der Waals surface area (Å²) in [5, 5.41) is 0. The number of rotatable bonds is 3. The van der Waals surface area contributed by atoms with Gasteiger partial charge < -0.3 is 4.90 Å². The van der Waals surface area contributed by atoms with E-state index in [1.807, 2.05) is 23.1 Å². The van der Waals surface area contributed by atoms with Gasteiger partial charge in [-0.1, -0.05) is 45.2 Å². The smallest absolute Gasteiger partial charge is 0.253 e. The monoisotopic (exact) mass is 373 g/mol. The van der Waals surface area contributed by atoms with Crippen molar-refractivity contribution >= 4 is 37.8 Å². The van der Waals surface area contributed by atoms with Crippen LogP contribution >= 0.6 is 31.9 Å². The van der Waals surface area contributed by atoms with Crippen LogP contribution in [0.15, 0.2) is 27.1 Å². The molecular weight excluding hydrogens is 358 g/mol. The van der Waals surface area contributed by atoms with E-state index in [4.69, 9.17) is 0 Å². The van der Waals surface area contributed by atoms with Gasteiger partial charge in [-0.15, -0.1) is 0 Å². The lowest BCUT2D eigenvalue weighted by Gasteiger charge is -2.17. The minimum atomic E-state index is 0.149. The molecule has 1 heterocycles. The Labute approximate surface area is 125 Å². The van der Waals surface area contributed by atoms with Gasteiger partial charge in [0.2, 0.25) is 0 Å². The molecule has 1 fully saturated rings. The van der Waals surface area contributed by atoms with Gasteiger partial charge in [0, 0.05) is 27.6 Å². The molecule has 0 aliphatic carbocycles. The zero-order valence-corrected chi connectivity index (χ0v) is 13.6. The van der Waals surface area contributed by atoms with Crippen LogP contribution in [0.4, 0.5) is 0 Å². The Morgan fingerprint density at radius 2 is 2.00 bits per heavy atom. The fourth-order valence-electron chi connectivity index (χ4n) is 2.52. The first kappa shape index (κ1) is 14.1. The maximum atomic E-state index is 12.4. The third-order valence-corrected chi connectivity index (χ3v) is 4.30. The van der Waals surface area contributed by atoms with Crippen molar-refractivity contribution < 1.29 is 4.79 Å². The fraction of sp³-hybridized carbons (Fsp3) is 0.500. The Balaban J connectivity index is 2.08. The quantitative estimate of drug-likeness (QED) is 0.764. The SMILES string of the molecule is CCCC1CCN(C(=O)c2cc(Br)cc(Br)c2)C1. The van der Waals surface area contributed by atoms with Crippen LogP contribution in [0.3, 0.4) is 0 Å². The second kappa shape index (κ2) is 6.20. The van der Waals surface area contributed by atoms with Crippen molar-refractivity contribution in [3.63, 3.8) is 0 Å². The molecule has 0 radical (unpaired) electrons. The molecule has 1 aromatic rings. The fourth-order valence-corrected chi connectivity index (χ4v) is 3.81. The molecule has 1 atom stereocenters. The lowest BCUT2D eigenvalue weighted by atomic mass is 10.0. The van der Waals surface area contributed by atoms with E-state index < -0.39 is 0 Å². The molecule has 0 bridgehead atoms. The van der Waals surface area contributed by atoms with Gasteiger partial charge in [0.15, 0.2) is 0 Å². The first-order chi connectivity index (χ1) is 8.60. The lowest BCUT2D eigenvalue weighted by molar-refractivity contribution is 0.0786. The zero-order valence-electron chi connectivity index (χ0n) is 10.5. The van der Waals surface area contributed by atoms with Crippen LogP contribution in [0.1, 0.15) is 36.5 Å². The van der Waals surface area contributed by atoms with Crippen molar-refractivity contribution in [1.82, 2.24) is 4.90 Å². The van der Waals surface area contributed by atoms with E-state index in [0.29, 0.717) is 5.92 Å². The highest BCUT2D eigenvalue weighted by Gasteiger charge is 2.26. The molecule has 1 saturated heterocycles. The van der Waals surface area contributed by atoms with Gasteiger partial charge in [0.25, 0.3) is 5.91 Å². The van der Waals surface area contributed by atoms with E-state index in [1.165, 1.54) is 12.8 Å². The normalized spacial score (nSPS) is 19.3. The first-order valence-electron chi connectivity index (χ1n) is 6.35. The second-order valence-corrected chi connectivity index (χ2v) is 6.68. The summed E-state index contributed by atoms with van der Waals surface area (Å²) in [6.07, 6.45) is 3.58. The van der Waals surface area contributed by atoms with Crippen molar-refractivity contribution in [2.45, 2.75) is 26.2 Å². The summed E-state index contributed by atoms with van der Waals surface area (Å²) in [7, 11) is 0. The van der Waals surface area contributed by atoms with Crippen molar-refractivity contribution in [2.75, 3.05) is 13.1 Å². The molecule has 0 aromatic heterocycles. The molecule has 1 aliphatic heterocycles. The van der Waals surface area contributed by atoms with Crippen molar-refractivity contribution in [3.8, 4) is 0 Å². The Morgan fingerprint density at radius 1 is 1.33 bits per heavy atom. The summed E-state index contributed by atoms with van der Waals surface area (Å²) in [6.45, 7) is 4.01. The summed E-state index contributed by atoms with van der Waals surface area (Å²) < 4.78 is 1.87. The van der Waals surface area contributed by atoms with Crippen LogP contribution in [-0.2, 0) is 0 Å². The van der Waals surface area contributed by atoms with Crippen LogP contribution in [0.2, 0.25) is 0 Å². The van der Waals surface area contributed by atoms with E-state index in [9.17, 15) is 4.79 Å². The van der Waals surface area contributed by atoms with E-state index in [-0.39, 0.29) is 5.91 Å². The van der Waals surface area contributed by atoms with E-state index in [2.05, 4.69) is 38.8 Å². The van der Waals surface area contributed by atoms with E-state index >= 15 is 0 Å². The van der Waals surface area contributed by atoms with Crippen molar-refractivity contribution in [1.29, 1.82) is 0 Å². The average Bonchev–Trinajstić information content (AvgIpc) is 2.76. The molecule has 4 heteroatoms. The van der Waals surface area contributed by atoms with Gasteiger partial charge in [0.1, 0.15) is 0 Å². The van der Waals surface area contributed by atoms with E-state index in [1.54, 1.807) is 0 Å². The maximum Gasteiger partial charge on any atom is 0.253 e. The van der Waals surface area contributed by atoms with Gasteiger partial charge in [0.05, 0.1) is 0 Å². The Morgan fingerprint density at radius 3 is 2.61 bits per heavy atom. The number of amides is 1. The van der Waals surface area contributed by atoms with Crippen molar-refractivity contribution in [2.24, 2.45) is 5.92 Å². The molecule has 1 unspecified atom stereocenters. The number of carbonyl (C=O) groups is 1. The molecule has 2 nitrogen and oxygen atoms in total. The van der Waals surface area contributed by atoms with Gasteiger partial charge in [-0.2, -0.15) is 0 Å². The number of hydrogen-bond donors (Lipinski definition) is 0. The number of carbonyl (C=O) groups excluding carboxylic acids is 1. The molecule has 0 N–H and O–H groups in total. The summed E-state index contributed by atoms with van der Waals surface area (Å²) in [5.41, 5.74) is 0.758. The minimum Gasteiger partial charge on any atom is -0.338 e. The molecule has 98 valence electrons. The number of benzene rings is 1. The van der Waals surface area contributed by atoms with E-state index in [0.717, 1.165) is 34.0 Å². The minimum absolute atomic E-state index is 0.149. The van der Waals surface area contributed by atoms with Gasteiger partial charge >= 0.3 is 0 Å². The highest BCUT2D eigenvalue weighted by molar-refractivity contribution is 9.11. The highest BCUT2D eigenvalue weighted by atomic mass is 79.9. The van der Waals surface area contributed by atoms with Gasteiger partial charge in [-0.25, -0.2) is 0 Å². The van der Waals surface area contributed by atoms with Gasteiger partial charge in [-0.05, 0) is 37.0 Å². The lowest BCUT2D eigenvalue weighted by Crippen LogP contribution is -2.28. The molecule has 0 saturated carbocycles. The Kier molecular flexibility index (Phi) is 4.84. The summed E-state index contributed by atoms with van der Waals surface area (Å²) in [5.74, 6) is 0.838. The Bertz CT molecular complexity index is 427. The molecule has 1 amide bonds. The molecular formula is C14H17Br2NO. The van der Waals surface area contributed by atoms with Crippen LogP contribution in [0, 0.1) is 5.92 Å². The Hall–Kier alpha value is -0.350. The predicted octanol–water partition coefficient (Wildman–Crippen LogP) is 4.47. The zero-order chi connectivity index (χ0) is 13.1. The number of halogens is 2. The highest BCUT2D eigenvalue weighted by Crippen LogP contribution is 2.25. The standard InChI is InChI=1S/C14H17Br2NO/c1-2-3-10-4-5-17(9-10)14(18)11-6-12(15)8-13(16)7-11/h6-8,10H,2-5,9H2,1H3. The average molecular weight is 375 g/mol. The first-order valence-corrected chi connectivity index (χ1v) is 7.94. The summed E-state index contributed by atoms with van der Waals surface area (Å²) in [4.78, 5) is 14.4. The van der Waals surface area contributed by atoms with Crippen molar-refractivity contribution in [3.05, 3.63) is 32.7 Å². The van der Waals surface area contributed by atoms with Crippen LogP contribution in [0.25, 0.3) is 0 Å². The number of nitrogens with zero attached hydrogens (tertiary/aromatic N) is 1.